The fraction of sp³-hybridized carbons (Fsp3) is 0.556. The third kappa shape index (κ3) is 2.17. The summed E-state index contributed by atoms with van der Waals surface area (Å²) >= 11 is 0. The van der Waals surface area contributed by atoms with Crippen LogP contribution in [0.2, 0.25) is 0 Å². The van der Waals surface area contributed by atoms with Gasteiger partial charge in [0.2, 0.25) is 0 Å². The normalized spacial score (nSPS) is 15.4. The highest BCUT2D eigenvalue weighted by molar-refractivity contribution is 5.49. The summed E-state index contributed by atoms with van der Waals surface area (Å²) in [5.74, 6) is 0. The van der Waals surface area contributed by atoms with Crippen LogP contribution < -0.4 is 10.9 Å². The van der Waals surface area contributed by atoms with E-state index in [9.17, 15) is 18.0 Å². The smallest absolute Gasteiger partial charge is 0.383 e. The Morgan fingerprint density at radius 2 is 2.25 bits per heavy atom. The number of nitrogens with zero attached hydrogens (tertiary/aromatic N) is 2. The van der Waals surface area contributed by atoms with Gasteiger partial charge in [-0.05, 0) is 12.8 Å². The monoisotopic (exact) mass is 233 g/mol. The van der Waals surface area contributed by atoms with Crippen molar-refractivity contribution in [3.63, 3.8) is 0 Å². The standard InChI is InChI=1S/C9H10F3N3O/c10-9(11,12)5-15-8(16)6-2-1-3-13-7(6)4-14-15/h4,13H,1-3,5H2. The van der Waals surface area contributed by atoms with Crippen molar-refractivity contribution >= 4 is 5.69 Å². The Labute approximate surface area is 89.1 Å². The highest BCUT2D eigenvalue weighted by atomic mass is 19.4. The first-order chi connectivity index (χ1) is 7.47. The zero-order valence-corrected chi connectivity index (χ0v) is 8.34. The Morgan fingerprint density at radius 3 is 2.94 bits per heavy atom. The molecular formula is C9H10F3N3O. The molecule has 0 radical (unpaired) electrons. The summed E-state index contributed by atoms with van der Waals surface area (Å²) in [5.41, 5.74) is 0.294. The number of nitrogens with one attached hydrogen (secondary N) is 1. The van der Waals surface area contributed by atoms with Gasteiger partial charge in [-0.2, -0.15) is 18.3 Å². The predicted molar refractivity (Wildman–Crippen MR) is 51.4 cm³/mol. The number of aromatic nitrogens is 2. The lowest BCUT2D eigenvalue weighted by molar-refractivity contribution is -0.143. The second kappa shape index (κ2) is 3.80. The molecule has 1 aliphatic heterocycles. The summed E-state index contributed by atoms with van der Waals surface area (Å²) in [4.78, 5) is 11.7. The van der Waals surface area contributed by atoms with Crippen molar-refractivity contribution < 1.29 is 13.2 Å². The number of anilines is 1. The minimum absolute atomic E-state index is 0.394. The molecule has 0 bridgehead atoms. The molecule has 7 heteroatoms. The van der Waals surface area contributed by atoms with E-state index in [-0.39, 0.29) is 0 Å². The number of hydrogen-bond donors (Lipinski definition) is 1. The topological polar surface area (TPSA) is 46.9 Å². The van der Waals surface area contributed by atoms with Gasteiger partial charge in [0.25, 0.3) is 5.56 Å². The van der Waals surface area contributed by atoms with Gasteiger partial charge in [-0.25, -0.2) is 4.68 Å². The van der Waals surface area contributed by atoms with E-state index in [0.717, 1.165) is 13.0 Å². The minimum Gasteiger partial charge on any atom is -0.383 e. The lowest BCUT2D eigenvalue weighted by Crippen LogP contribution is -2.34. The van der Waals surface area contributed by atoms with Crippen molar-refractivity contribution in [1.29, 1.82) is 0 Å². The molecule has 0 amide bonds. The molecule has 0 spiro atoms. The molecule has 0 aromatic carbocycles. The Bertz CT molecular complexity index is 452. The van der Waals surface area contributed by atoms with Crippen molar-refractivity contribution in [3.05, 3.63) is 22.1 Å². The van der Waals surface area contributed by atoms with Gasteiger partial charge < -0.3 is 5.32 Å². The summed E-state index contributed by atoms with van der Waals surface area (Å²) in [6.07, 6.45) is -1.89. The van der Waals surface area contributed by atoms with E-state index < -0.39 is 18.3 Å². The van der Waals surface area contributed by atoms with E-state index in [2.05, 4.69) is 10.4 Å². The fourth-order valence-corrected chi connectivity index (χ4v) is 1.69. The lowest BCUT2D eigenvalue weighted by Gasteiger charge is -2.18. The number of alkyl halides is 3. The molecule has 4 nitrogen and oxygen atoms in total. The van der Waals surface area contributed by atoms with Crippen LogP contribution >= 0.6 is 0 Å². The van der Waals surface area contributed by atoms with Gasteiger partial charge in [-0.3, -0.25) is 4.79 Å². The van der Waals surface area contributed by atoms with Crippen LogP contribution in [0, 0.1) is 0 Å². The third-order valence-corrected chi connectivity index (χ3v) is 2.39. The Hall–Kier alpha value is -1.53. The van der Waals surface area contributed by atoms with Crippen LogP contribution in [-0.2, 0) is 13.0 Å². The summed E-state index contributed by atoms with van der Waals surface area (Å²) < 4.78 is 36.9. The average molecular weight is 233 g/mol. The van der Waals surface area contributed by atoms with Crippen molar-refractivity contribution in [2.75, 3.05) is 11.9 Å². The van der Waals surface area contributed by atoms with Gasteiger partial charge in [0.1, 0.15) is 6.54 Å². The second-order valence-electron chi connectivity index (χ2n) is 3.65. The zero-order chi connectivity index (χ0) is 11.8. The Kier molecular flexibility index (Phi) is 2.61. The van der Waals surface area contributed by atoms with Crippen molar-refractivity contribution in [2.45, 2.75) is 25.6 Å². The molecule has 1 aromatic rings. The first-order valence-corrected chi connectivity index (χ1v) is 4.87. The van der Waals surface area contributed by atoms with Crippen LogP contribution in [0.4, 0.5) is 18.9 Å². The van der Waals surface area contributed by atoms with Crippen molar-refractivity contribution in [3.8, 4) is 0 Å². The van der Waals surface area contributed by atoms with Gasteiger partial charge in [0, 0.05) is 12.1 Å². The van der Waals surface area contributed by atoms with Gasteiger partial charge in [-0.1, -0.05) is 0 Å². The van der Waals surface area contributed by atoms with Crippen LogP contribution in [0.1, 0.15) is 12.0 Å². The predicted octanol–water partition coefficient (Wildman–Crippen LogP) is 1.16. The summed E-state index contributed by atoms with van der Waals surface area (Å²) in [6, 6.07) is 0. The van der Waals surface area contributed by atoms with Gasteiger partial charge >= 0.3 is 6.18 Å². The van der Waals surface area contributed by atoms with Crippen LogP contribution in [0.3, 0.4) is 0 Å². The third-order valence-electron chi connectivity index (χ3n) is 2.39. The summed E-state index contributed by atoms with van der Waals surface area (Å²) in [6.45, 7) is -0.615. The number of fused-ring (bicyclic) bond motifs is 1. The van der Waals surface area contributed by atoms with E-state index in [1.165, 1.54) is 6.20 Å². The van der Waals surface area contributed by atoms with Gasteiger partial charge in [0.05, 0.1) is 11.9 Å². The molecule has 0 unspecified atom stereocenters. The molecule has 2 rings (SSSR count). The van der Waals surface area contributed by atoms with Crippen LogP contribution in [-0.4, -0.2) is 22.5 Å². The van der Waals surface area contributed by atoms with E-state index in [0.29, 0.717) is 22.4 Å². The maximum atomic E-state index is 12.1. The van der Waals surface area contributed by atoms with Crippen LogP contribution in [0.15, 0.2) is 11.0 Å². The first-order valence-electron chi connectivity index (χ1n) is 4.87. The zero-order valence-electron chi connectivity index (χ0n) is 8.34. The van der Waals surface area contributed by atoms with Gasteiger partial charge in [-0.15, -0.1) is 0 Å². The molecule has 0 saturated carbocycles. The molecule has 0 saturated heterocycles. The molecule has 2 heterocycles. The lowest BCUT2D eigenvalue weighted by atomic mass is 10.1. The quantitative estimate of drug-likeness (QED) is 0.791. The average Bonchev–Trinajstić information content (AvgIpc) is 2.21. The van der Waals surface area contributed by atoms with Crippen LogP contribution in [0.25, 0.3) is 0 Å². The van der Waals surface area contributed by atoms with E-state index in [4.69, 9.17) is 0 Å². The SMILES string of the molecule is O=c1c2c(cnn1CC(F)(F)F)NCCC2. The highest BCUT2D eigenvalue weighted by Gasteiger charge is 2.30. The summed E-state index contributed by atoms with van der Waals surface area (Å²) in [7, 11) is 0. The molecule has 1 N–H and O–H groups in total. The van der Waals surface area contributed by atoms with E-state index in [1.54, 1.807) is 0 Å². The first kappa shape index (κ1) is 11.0. The molecule has 16 heavy (non-hydrogen) atoms. The van der Waals surface area contributed by atoms with E-state index >= 15 is 0 Å². The highest BCUT2D eigenvalue weighted by Crippen LogP contribution is 2.19. The number of halogens is 3. The Morgan fingerprint density at radius 1 is 1.50 bits per heavy atom. The molecule has 0 atom stereocenters. The van der Waals surface area contributed by atoms with Crippen LogP contribution in [0.5, 0.6) is 0 Å². The summed E-state index contributed by atoms with van der Waals surface area (Å²) in [5, 5.41) is 6.43. The van der Waals surface area contributed by atoms with Crippen molar-refractivity contribution in [1.82, 2.24) is 9.78 Å². The maximum Gasteiger partial charge on any atom is 0.408 e. The van der Waals surface area contributed by atoms with Gasteiger partial charge in [0.15, 0.2) is 0 Å². The molecular weight excluding hydrogens is 223 g/mol. The molecule has 1 aromatic heterocycles. The molecule has 88 valence electrons. The second-order valence-corrected chi connectivity index (χ2v) is 3.65. The molecule has 1 aliphatic rings. The molecule has 0 fully saturated rings. The molecule has 0 aliphatic carbocycles. The van der Waals surface area contributed by atoms with Crippen molar-refractivity contribution in [2.24, 2.45) is 0 Å². The maximum absolute atomic E-state index is 12.1. The van der Waals surface area contributed by atoms with E-state index in [1.807, 2.05) is 0 Å². The number of rotatable bonds is 1. The minimum atomic E-state index is -4.42. The Balaban J connectivity index is 2.39. The largest absolute Gasteiger partial charge is 0.408 e. The number of hydrogen-bond acceptors (Lipinski definition) is 3. The fourth-order valence-electron chi connectivity index (χ4n) is 1.69.